The van der Waals surface area contributed by atoms with Crippen molar-refractivity contribution in [3.63, 3.8) is 0 Å². The number of aryl methyl sites for hydroxylation is 2. The Morgan fingerprint density at radius 1 is 0.516 bits per heavy atom. The van der Waals surface area contributed by atoms with Gasteiger partial charge in [0.05, 0.1) is 0 Å². The third kappa shape index (κ3) is 3.97. The third-order valence-corrected chi connectivity index (χ3v) is 5.56. The highest BCUT2D eigenvalue weighted by molar-refractivity contribution is 5.60. The van der Waals surface area contributed by atoms with E-state index < -0.39 is 0 Å². The first-order chi connectivity index (χ1) is 15.2. The molecule has 0 N–H and O–H groups in total. The van der Waals surface area contributed by atoms with E-state index in [1.165, 1.54) is 11.1 Å². The van der Waals surface area contributed by atoms with Crippen LogP contribution in [0.5, 0.6) is 0 Å². The van der Waals surface area contributed by atoms with Crippen molar-refractivity contribution in [1.29, 1.82) is 0 Å². The highest BCUT2D eigenvalue weighted by atomic mass is 16.4. The van der Waals surface area contributed by atoms with E-state index in [2.05, 4.69) is 98.8 Å². The van der Waals surface area contributed by atoms with E-state index in [1.54, 1.807) is 0 Å². The van der Waals surface area contributed by atoms with Gasteiger partial charge in [0.2, 0.25) is 0 Å². The minimum Gasteiger partial charge on any atom is -0.460 e. The van der Waals surface area contributed by atoms with Gasteiger partial charge in [-0.2, -0.15) is 0 Å². The second kappa shape index (κ2) is 8.16. The van der Waals surface area contributed by atoms with E-state index in [-0.39, 0.29) is 5.92 Å². The van der Waals surface area contributed by atoms with Crippen LogP contribution in [0.3, 0.4) is 0 Å². The Bertz CT molecular complexity index is 1220. The molecule has 5 rings (SSSR count). The summed E-state index contributed by atoms with van der Waals surface area (Å²) in [5.74, 6) is 3.36. The lowest BCUT2D eigenvalue weighted by molar-refractivity contribution is 0.461. The summed E-state index contributed by atoms with van der Waals surface area (Å²) in [5.41, 5.74) is 5.72. The van der Waals surface area contributed by atoms with Crippen LogP contribution in [0.4, 0.5) is 0 Å². The van der Waals surface area contributed by atoms with Crippen LogP contribution in [0.15, 0.2) is 112 Å². The molecule has 0 fully saturated rings. The van der Waals surface area contributed by atoms with E-state index >= 15 is 0 Å². The maximum Gasteiger partial charge on any atom is 0.134 e. The summed E-state index contributed by atoms with van der Waals surface area (Å²) in [6, 6.07) is 35.3. The molecule has 152 valence electrons. The van der Waals surface area contributed by atoms with Crippen molar-refractivity contribution >= 4 is 0 Å². The predicted molar refractivity (Wildman–Crippen MR) is 125 cm³/mol. The van der Waals surface area contributed by atoms with Crippen molar-refractivity contribution < 1.29 is 8.83 Å². The lowest BCUT2D eigenvalue weighted by atomic mass is 9.94. The minimum absolute atomic E-state index is 0.113. The fourth-order valence-electron chi connectivity index (χ4n) is 4.04. The molecule has 0 bridgehead atoms. The highest BCUT2D eigenvalue weighted by Crippen LogP contribution is 2.37. The Morgan fingerprint density at radius 2 is 1.03 bits per heavy atom. The lowest BCUT2D eigenvalue weighted by Crippen LogP contribution is -2.00. The predicted octanol–water partition coefficient (Wildman–Crippen LogP) is 8.00. The molecule has 2 heterocycles. The molecular weight excluding hydrogens is 380 g/mol. The fourth-order valence-corrected chi connectivity index (χ4v) is 4.04. The lowest BCUT2D eigenvalue weighted by Gasteiger charge is -2.13. The molecule has 31 heavy (non-hydrogen) atoms. The van der Waals surface area contributed by atoms with Crippen LogP contribution in [0.1, 0.15) is 34.1 Å². The molecule has 0 aliphatic rings. The van der Waals surface area contributed by atoms with Crippen molar-refractivity contribution in [2.24, 2.45) is 0 Å². The Hall–Kier alpha value is -3.78. The minimum atomic E-state index is -0.113. The average molecular weight is 405 g/mol. The zero-order valence-electron chi connectivity index (χ0n) is 17.7. The average Bonchev–Trinajstić information content (AvgIpc) is 3.46. The van der Waals surface area contributed by atoms with Gasteiger partial charge in [-0.05, 0) is 55.8 Å². The maximum absolute atomic E-state index is 6.37. The summed E-state index contributed by atoms with van der Waals surface area (Å²) in [6.07, 6.45) is 0. The Labute approximate surface area is 182 Å². The van der Waals surface area contributed by atoms with E-state index in [1.807, 2.05) is 18.2 Å². The van der Waals surface area contributed by atoms with Gasteiger partial charge in [-0.1, -0.05) is 77.9 Å². The van der Waals surface area contributed by atoms with Crippen LogP contribution in [-0.2, 0) is 0 Å². The van der Waals surface area contributed by atoms with Crippen molar-refractivity contribution in [3.05, 3.63) is 131 Å². The molecule has 0 amide bonds. The van der Waals surface area contributed by atoms with Gasteiger partial charge in [0.1, 0.15) is 29.0 Å². The molecule has 2 aromatic heterocycles. The van der Waals surface area contributed by atoms with Crippen LogP contribution in [0.25, 0.3) is 22.6 Å². The van der Waals surface area contributed by atoms with E-state index in [4.69, 9.17) is 8.83 Å². The van der Waals surface area contributed by atoms with Crippen LogP contribution < -0.4 is 0 Å². The van der Waals surface area contributed by atoms with Gasteiger partial charge in [-0.15, -0.1) is 0 Å². The summed E-state index contributed by atoms with van der Waals surface area (Å²) < 4.78 is 12.7. The molecule has 5 aromatic rings. The SMILES string of the molecule is Cc1cccc(-c2ccc(C(c3ccccc3)c3ccc(-c4cccc(C)c4)o3)o2)c1. The molecular formula is C29H24O2. The van der Waals surface area contributed by atoms with E-state index in [9.17, 15) is 0 Å². The monoisotopic (exact) mass is 404 g/mol. The first-order valence-electron chi connectivity index (χ1n) is 10.6. The second-order valence-electron chi connectivity index (χ2n) is 7.99. The number of hydrogen-bond donors (Lipinski definition) is 0. The topological polar surface area (TPSA) is 26.3 Å². The molecule has 0 saturated carbocycles. The number of hydrogen-bond acceptors (Lipinski definition) is 2. The van der Waals surface area contributed by atoms with E-state index in [0.29, 0.717) is 0 Å². The third-order valence-electron chi connectivity index (χ3n) is 5.56. The first kappa shape index (κ1) is 19.2. The molecule has 0 spiro atoms. The van der Waals surface area contributed by atoms with Crippen LogP contribution in [0.2, 0.25) is 0 Å². The molecule has 2 heteroatoms. The molecule has 3 aromatic carbocycles. The normalized spacial score (nSPS) is 11.2. The van der Waals surface area contributed by atoms with Crippen molar-refractivity contribution in [2.45, 2.75) is 19.8 Å². The smallest absolute Gasteiger partial charge is 0.134 e. The standard InChI is InChI=1S/C29H24O2/c1-20-8-6-12-23(18-20)25-14-16-27(30-25)29(22-10-4-3-5-11-22)28-17-15-26(31-28)24-13-7-9-21(2)19-24/h3-19,29H,1-2H3. The maximum atomic E-state index is 6.37. The largest absolute Gasteiger partial charge is 0.460 e. The van der Waals surface area contributed by atoms with E-state index in [0.717, 1.165) is 39.7 Å². The number of furan rings is 2. The molecule has 2 nitrogen and oxygen atoms in total. The van der Waals surface area contributed by atoms with Crippen molar-refractivity contribution in [3.8, 4) is 22.6 Å². The van der Waals surface area contributed by atoms with Crippen LogP contribution >= 0.6 is 0 Å². The Morgan fingerprint density at radius 3 is 1.52 bits per heavy atom. The zero-order chi connectivity index (χ0) is 21.2. The quantitative estimate of drug-likeness (QED) is 0.296. The summed E-state index contributed by atoms with van der Waals surface area (Å²) >= 11 is 0. The van der Waals surface area contributed by atoms with Gasteiger partial charge < -0.3 is 8.83 Å². The van der Waals surface area contributed by atoms with Gasteiger partial charge in [0.25, 0.3) is 0 Å². The van der Waals surface area contributed by atoms with Crippen molar-refractivity contribution in [1.82, 2.24) is 0 Å². The van der Waals surface area contributed by atoms with Crippen LogP contribution in [-0.4, -0.2) is 0 Å². The highest BCUT2D eigenvalue weighted by Gasteiger charge is 2.24. The number of benzene rings is 3. The molecule has 0 radical (unpaired) electrons. The zero-order valence-corrected chi connectivity index (χ0v) is 17.7. The van der Waals surface area contributed by atoms with Gasteiger partial charge >= 0.3 is 0 Å². The second-order valence-corrected chi connectivity index (χ2v) is 7.99. The van der Waals surface area contributed by atoms with Gasteiger partial charge in [-0.25, -0.2) is 0 Å². The molecule has 0 atom stereocenters. The summed E-state index contributed by atoms with van der Waals surface area (Å²) in [7, 11) is 0. The molecule has 0 aliphatic carbocycles. The van der Waals surface area contributed by atoms with Crippen molar-refractivity contribution in [2.75, 3.05) is 0 Å². The van der Waals surface area contributed by atoms with Gasteiger partial charge in [-0.3, -0.25) is 0 Å². The van der Waals surface area contributed by atoms with Gasteiger partial charge in [0, 0.05) is 11.1 Å². The Balaban J connectivity index is 1.57. The summed E-state index contributed by atoms with van der Waals surface area (Å²) in [5, 5.41) is 0. The summed E-state index contributed by atoms with van der Waals surface area (Å²) in [4.78, 5) is 0. The van der Waals surface area contributed by atoms with Gasteiger partial charge in [0.15, 0.2) is 0 Å². The summed E-state index contributed by atoms with van der Waals surface area (Å²) in [6.45, 7) is 4.19. The molecule has 0 aliphatic heterocycles. The number of rotatable bonds is 5. The first-order valence-corrected chi connectivity index (χ1v) is 10.6. The molecule has 0 unspecified atom stereocenters. The van der Waals surface area contributed by atoms with Crippen LogP contribution in [0, 0.1) is 13.8 Å². The fraction of sp³-hybridized carbons (Fsp3) is 0.103. The Kier molecular flexibility index (Phi) is 5.05. The molecule has 0 saturated heterocycles.